The molecule has 2 fully saturated rings. The maximum atomic E-state index is 12.3. The Morgan fingerprint density at radius 1 is 1.23 bits per heavy atom. The summed E-state index contributed by atoms with van der Waals surface area (Å²) >= 11 is 0. The van der Waals surface area contributed by atoms with Crippen LogP contribution in [0.3, 0.4) is 0 Å². The van der Waals surface area contributed by atoms with Gasteiger partial charge >= 0.3 is 0 Å². The van der Waals surface area contributed by atoms with Gasteiger partial charge < -0.3 is 14.8 Å². The van der Waals surface area contributed by atoms with E-state index in [4.69, 9.17) is 0 Å². The maximum Gasteiger partial charge on any atom is 0.252 e. The van der Waals surface area contributed by atoms with Gasteiger partial charge in [0.05, 0.1) is 6.33 Å². The second kappa shape index (κ2) is 6.94. The van der Waals surface area contributed by atoms with Gasteiger partial charge in [-0.15, -0.1) is 0 Å². The number of nitrogens with one attached hydrogen (secondary N) is 1. The molecule has 120 valence electrons. The van der Waals surface area contributed by atoms with Crippen LogP contribution in [0.5, 0.6) is 0 Å². The fraction of sp³-hybridized carbons (Fsp3) is 0.688. The second-order valence-corrected chi connectivity index (χ2v) is 6.33. The van der Waals surface area contributed by atoms with Gasteiger partial charge in [0.15, 0.2) is 0 Å². The predicted octanol–water partition coefficient (Wildman–Crippen LogP) is 1.39. The van der Waals surface area contributed by atoms with Crippen LogP contribution in [0.4, 0.5) is 5.82 Å². The van der Waals surface area contributed by atoms with Crippen molar-refractivity contribution < 1.29 is 4.79 Å². The van der Waals surface area contributed by atoms with Crippen molar-refractivity contribution in [1.82, 2.24) is 14.9 Å². The number of rotatable bonds is 4. The largest absolute Gasteiger partial charge is 0.353 e. The smallest absolute Gasteiger partial charge is 0.252 e. The highest BCUT2D eigenvalue weighted by molar-refractivity contribution is 5.76. The molecule has 0 atom stereocenters. The van der Waals surface area contributed by atoms with Crippen molar-refractivity contribution >= 4 is 11.7 Å². The van der Waals surface area contributed by atoms with E-state index in [0.717, 1.165) is 38.5 Å². The first-order valence-electron chi connectivity index (χ1n) is 8.30. The van der Waals surface area contributed by atoms with Gasteiger partial charge in [-0.3, -0.25) is 9.59 Å². The number of hydrogen-bond donors (Lipinski definition) is 1. The van der Waals surface area contributed by atoms with Gasteiger partial charge in [0, 0.05) is 38.7 Å². The lowest BCUT2D eigenvalue weighted by atomic mass is 10.0. The first-order valence-corrected chi connectivity index (χ1v) is 8.30. The Morgan fingerprint density at radius 2 is 1.95 bits per heavy atom. The number of carbonyl (C=O) groups excluding carboxylic acids is 1. The molecule has 0 radical (unpaired) electrons. The molecular weight excluding hydrogens is 280 g/mol. The molecule has 0 aromatic carbocycles. The van der Waals surface area contributed by atoms with Crippen molar-refractivity contribution in [2.45, 2.75) is 38.5 Å². The van der Waals surface area contributed by atoms with Crippen LogP contribution in [-0.4, -0.2) is 47.0 Å². The van der Waals surface area contributed by atoms with Crippen LogP contribution in [0.2, 0.25) is 0 Å². The molecule has 1 aromatic heterocycles. The van der Waals surface area contributed by atoms with Gasteiger partial charge in [0.2, 0.25) is 5.91 Å². The van der Waals surface area contributed by atoms with E-state index in [1.54, 1.807) is 0 Å². The van der Waals surface area contributed by atoms with Crippen molar-refractivity contribution in [3.05, 3.63) is 22.7 Å². The van der Waals surface area contributed by atoms with Crippen LogP contribution < -0.4 is 10.5 Å². The van der Waals surface area contributed by atoms with Crippen LogP contribution >= 0.6 is 0 Å². The Labute approximate surface area is 130 Å². The number of carbonyl (C=O) groups is 1. The number of nitrogens with zero attached hydrogens (tertiary/aromatic N) is 3. The summed E-state index contributed by atoms with van der Waals surface area (Å²) in [5, 5.41) is 0. The summed E-state index contributed by atoms with van der Waals surface area (Å²) in [5.41, 5.74) is -0.139. The molecule has 1 saturated carbocycles. The average molecular weight is 304 g/mol. The zero-order valence-electron chi connectivity index (χ0n) is 13.0. The molecule has 0 unspecified atom stereocenters. The summed E-state index contributed by atoms with van der Waals surface area (Å²) in [5.74, 6) is 1.75. The summed E-state index contributed by atoms with van der Waals surface area (Å²) in [4.78, 5) is 34.4. The van der Waals surface area contributed by atoms with Gasteiger partial charge in [0.1, 0.15) is 5.82 Å². The number of aromatic nitrogens is 2. The fourth-order valence-electron chi connectivity index (χ4n) is 3.50. The van der Waals surface area contributed by atoms with Crippen LogP contribution in [0, 0.1) is 5.92 Å². The number of hydrogen-bond acceptors (Lipinski definition) is 4. The number of amides is 1. The standard InChI is InChI=1S/C16H24N4O2/c21-15-11-14(17-12-18-15)19-7-9-20(10-8-19)16(22)6-5-13-3-1-2-4-13/h11-13H,1-10H2,(H,17,18,21). The molecule has 3 rings (SSSR count). The van der Waals surface area contributed by atoms with E-state index in [9.17, 15) is 9.59 Å². The van der Waals surface area contributed by atoms with E-state index in [1.165, 1.54) is 38.1 Å². The molecule has 22 heavy (non-hydrogen) atoms. The number of H-pyrrole nitrogens is 1. The highest BCUT2D eigenvalue weighted by Crippen LogP contribution is 2.28. The third-order valence-electron chi connectivity index (χ3n) is 4.86. The molecule has 1 amide bonds. The summed E-state index contributed by atoms with van der Waals surface area (Å²) in [6, 6.07) is 1.51. The Bertz CT molecular complexity index is 557. The van der Waals surface area contributed by atoms with Gasteiger partial charge in [-0.1, -0.05) is 25.7 Å². The van der Waals surface area contributed by atoms with Gasteiger partial charge in [-0.2, -0.15) is 0 Å². The predicted molar refractivity (Wildman–Crippen MR) is 84.8 cm³/mol. The molecule has 2 aliphatic rings. The Hall–Kier alpha value is -1.85. The fourth-order valence-corrected chi connectivity index (χ4v) is 3.50. The SMILES string of the molecule is O=C(CCC1CCCC1)N1CCN(c2cc(=O)[nH]cn2)CC1. The van der Waals surface area contributed by atoms with Crippen molar-refractivity contribution in [1.29, 1.82) is 0 Å². The zero-order valence-corrected chi connectivity index (χ0v) is 13.0. The van der Waals surface area contributed by atoms with Gasteiger partial charge in [-0.25, -0.2) is 4.98 Å². The highest BCUT2D eigenvalue weighted by atomic mass is 16.2. The zero-order chi connectivity index (χ0) is 15.4. The van der Waals surface area contributed by atoms with Crippen molar-refractivity contribution in [2.24, 2.45) is 5.92 Å². The molecule has 6 nitrogen and oxygen atoms in total. The maximum absolute atomic E-state index is 12.3. The van der Waals surface area contributed by atoms with E-state index in [2.05, 4.69) is 14.9 Å². The van der Waals surface area contributed by atoms with Gasteiger partial charge in [0.25, 0.3) is 5.56 Å². The number of piperazine rings is 1. The van der Waals surface area contributed by atoms with Crippen LogP contribution in [0.25, 0.3) is 0 Å². The molecule has 0 spiro atoms. The third kappa shape index (κ3) is 3.67. The van der Waals surface area contributed by atoms with E-state index >= 15 is 0 Å². The van der Waals surface area contributed by atoms with Gasteiger partial charge in [-0.05, 0) is 12.3 Å². The molecule has 0 bridgehead atoms. The van der Waals surface area contributed by atoms with Crippen LogP contribution in [0.1, 0.15) is 38.5 Å². The minimum atomic E-state index is -0.139. The third-order valence-corrected chi connectivity index (χ3v) is 4.86. The molecule has 1 N–H and O–H groups in total. The number of aromatic amines is 1. The Morgan fingerprint density at radius 3 is 2.64 bits per heavy atom. The summed E-state index contributed by atoms with van der Waals surface area (Å²) < 4.78 is 0. The van der Waals surface area contributed by atoms with Crippen molar-refractivity contribution in [2.75, 3.05) is 31.1 Å². The molecule has 6 heteroatoms. The molecule has 2 heterocycles. The molecule has 1 aliphatic carbocycles. The highest BCUT2D eigenvalue weighted by Gasteiger charge is 2.23. The first kappa shape index (κ1) is 15.1. The first-order chi connectivity index (χ1) is 10.7. The summed E-state index contributed by atoms with van der Waals surface area (Å²) in [6.45, 7) is 2.92. The number of anilines is 1. The molecule has 1 aromatic rings. The van der Waals surface area contributed by atoms with E-state index in [1.807, 2.05) is 4.90 Å². The molecule has 1 aliphatic heterocycles. The van der Waals surface area contributed by atoms with E-state index in [0.29, 0.717) is 12.2 Å². The quantitative estimate of drug-likeness (QED) is 0.912. The second-order valence-electron chi connectivity index (χ2n) is 6.33. The Balaban J connectivity index is 1.46. The monoisotopic (exact) mass is 304 g/mol. The van der Waals surface area contributed by atoms with Crippen molar-refractivity contribution in [3.8, 4) is 0 Å². The molecular formula is C16H24N4O2. The van der Waals surface area contributed by atoms with E-state index < -0.39 is 0 Å². The molecule has 1 saturated heterocycles. The lowest BCUT2D eigenvalue weighted by molar-refractivity contribution is -0.131. The minimum absolute atomic E-state index is 0.139. The lowest BCUT2D eigenvalue weighted by Gasteiger charge is -2.35. The summed E-state index contributed by atoms with van der Waals surface area (Å²) in [6.07, 6.45) is 8.44. The summed E-state index contributed by atoms with van der Waals surface area (Å²) in [7, 11) is 0. The minimum Gasteiger partial charge on any atom is -0.353 e. The Kier molecular flexibility index (Phi) is 4.75. The lowest BCUT2D eigenvalue weighted by Crippen LogP contribution is -2.49. The normalized spacial score (nSPS) is 19.6. The van der Waals surface area contributed by atoms with Crippen LogP contribution in [0.15, 0.2) is 17.2 Å². The topological polar surface area (TPSA) is 69.3 Å². The average Bonchev–Trinajstić information content (AvgIpc) is 3.06. The van der Waals surface area contributed by atoms with E-state index in [-0.39, 0.29) is 11.5 Å². The van der Waals surface area contributed by atoms with Crippen molar-refractivity contribution in [3.63, 3.8) is 0 Å². The van der Waals surface area contributed by atoms with Crippen LogP contribution in [-0.2, 0) is 4.79 Å².